The minimum absolute atomic E-state index is 0.00258. The van der Waals surface area contributed by atoms with E-state index in [1.165, 1.54) is 31.2 Å². The number of carboxylic acid groups (broad SMARTS) is 1. The smallest absolute Gasteiger partial charge is 0.310 e. The zero-order valence-electron chi connectivity index (χ0n) is 11.3. The van der Waals surface area contributed by atoms with Crippen LogP contribution in [0.15, 0.2) is 29.2 Å². The molecule has 1 aromatic rings. The number of sulfonamides is 1. The van der Waals surface area contributed by atoms with Crippen molar-refractivity contribution in [3.05, 3.63) is 29.8 Å². The summed E-state index contributed by atoms with van der Waals surface area (Å²) < 4.78 is 31.9. The molecule has 1 fully saturated rings. The summed E-state index contributed by atoms with van der Waals surface area (Å²) in [6, 6.07) is 4.76. The number of hydrogen-bond donors (Lipinski definition) is 2. The first kappa shape index (κ1) is 15.6. The normalized spacial score (nSPS) is 22.1. The van der Waals surface area contributed by atoms with Gasteiger partial charge in [0.1, 0.15) is 0 Å². The highest BCUT2D eigenvalue weighted by Gasteiger charge is 2.37. The summed E-state index contributed by atoms with van der Waals surface area (Å²) in [6.45, 7) is 1.31. The van der Waals surface area contributed by atoms with Crippen LogP contribution < -0.4 is 4.72 Å². The van der Waals surface area contributed by atoms with Crippen LogP contribution in [0.5, 0.6) is 0 Å². The molecule has 1 saturated heterocycles. The molecule has 0 aromatic heterocycles. The van der Waals surface area contributed by atoms with Gasteiger partial charge in [0, 0.05) is 5.56 Å². The molecule has 1 aliphatic heterocycles. The van der Waals surface area contributed by atoms with Crippen molar-refractivity contribution in [3.8, 4) is 0 Å². The molecule has 0 amide bonds. The third-order valence-electron chi connectivity index (χ3n) is 3.26. The lowest BCUT2D eigenvalue weighted by Crippen LogP contribution is -2.42. The maximum absolute atomic E-state index is 12.3. The van der Waals surface area contributed by atoms with E-state index < -0.39 is 28.0 Å². The van der Waals surface area contributed by atoms with E-state index in [4.69, 9.17) is 9.84 Å². The fraction of sp³-hybridized carbons (Fsp3) is 0.385. The number of aliphatic carboxylic acids is 1. The highest BCUT2D eigenvalue weighted by Crippen LogP contribution is 2.18. The summed E-state index contributed by atoms with van der Waals surface area (Å²) in [6.07, 6.45) is 0. The molecule has 2 N–H and O–H groups in total. The Morgan fingerprint density at radius 3 is 2.67 bits per heavy atom. The number of carbonyl (C=O) groups is 2. The highest BCUT2D eigenvalue weighted by atomic mass is 32.2. The lowest BCUT2D eigenvalue weighted by molar-refractivity contribution is -0.142. The topological polar surface area (TPSA) is 110 Å². The Balaban J connectivity index is 2.24. The van der Waals surface area contributed by atoms with Crippen molar-refractivity contribution in [1.29, 1.82) is 0 Å². The first-order valence-electron chi connectivity index (χ1n) is 6.25. The molecule has 1 heterocycles. The van der Waals surface area contributed by atoms with Crippen molar-refractivity contribution in [2.75, 3.05) is 13.2 Å². The lowest BCUT2D eigenvalue weighted by atomic mass is 10.1. The molecule has 0 saturated carbocycles. The predicted octanol–water partition coefficient (Wildman–Crippen LogP) is 0.267. The van der Waals surface area contributed by atoms with Crippen LogP contribution in [-0.2, 0) is 19.6 Å². The Hall–Kier alpha value is -1.77. The maximum Gasteiger partial charge on any atom is 0.310 e. The van der Waals surface area contributed by atoms with E-state index in [0.29, 0.717) is 0 Å². The molecule has 2 unspecified atom stereocenters. The standard InChI is InChI=1S/C13H15NO6S/c1-8(15)9-3-2-4-10(5-9)21(18,19)14-12-7-20-6-11(12)13(16)17/h2-5,11-12,14H,6-7H2,1H3,(H,16,17). The van der Waals surface area contributed by atoms with E-state index >= 15 is 0 Å². The van der Waals surface area contributed by atoms with Crippen LogP contribution >= 0.6 is 0 Å². The fourth-order valence-corrected chi connectivity index (χ4v) is 3.37. The number of ketones is 1. The molecular formula is C13H15NO6S. The molecule has 21 heavy (non-hydrogen) atoms. The zero-order chi connectivity index (χ0) is 15.6. The lowest BCUT2D eigenvalue weighted by Gasteiger charge is -2.16. The van der Waals surface area contributed by atoms with E-state index in [1.54, 1.807) is 0 Å². The van der Waals surface area contributed by atoms with Gasteiger partial charge in [0.2, 0.25) is 10.0 Å². The summed E-state index contributed by atoms with van der Waals surface area (Å²) >= 11 is 0. The highest BCUT2D eigenvalue weighted by molar-refractivity contribution is 7.89. The number of ether oxygens (including phenoxy) is 1. The molecule has 8 heteroatoms. The van der Waals surface area contributed by atoms with Crippen molar-refractivity contribution >= 4 is 21.8 Å². The second-order valence-electron chi connectivity index (χ2n) is 4.79. The van der Waals surface area contributed by atoms with Gasteiger partial charge in [-0.15, -0.1) is 0 Å². The van der Waals surface area contributed by atoms with Gasteiger partial charge in [-0.2, -0.15) is 0 Å². The van der Waals surface area contributed by atoms with Gasteiger partial charge in [0.15, 0.2) is 5.78 Å². The van der Waals surface area contributed by atoms with Crippen LogP contribution in [0.25, 0.3) is 0 Å². The molecule has 1 aliphatic rings. The van der Waals surface area contributed by atoms with Crippen LogP contribution in [0.1, 0.15) is 17.3 Å². The molecule has 2 rings (SSSR count). The number of rotatable bonds is 5. The van der Waals surface area contributed by atoms with Gasteiger partial charge in [0.25, 0.3) is 0 Å². The van der Waals surface area contributed by atoms with Crippen molar-refractivity contribution in [3.63, 3.8) is 0 Å². The largest absolute Gasteiger partial charge is 0.481 e. The summed E-state index contributed by atoms with van der Waals surface area (Å²) in [7, 11) is -3.91. The number of carboxylic acids is 1. The Morgan fingerprint density at radius 1 is 1.33 bits per heavy atom. The average molecular weight is 313 g/mol. The second-order valence-corrected chi connectivity index (χ2v) is 6.51. The molecule has 114 valence electrons. The SMILES string of the molecule is CC(=O)c1cccc(S(=O)(=O)NC2COCC2C(=O)O)c1. The summed E-state index contributed by atoms with van der Waals surface area (Å²) in [5.74, 6) is -2.28. The number of Topliss-reactive ketones (excluding diaryl/α,β-unsaturated/α-hetero) is 1. The van der Waals surface area contributed by atoms with E-state index in [-0.39, 0.29) is 29.5 Å². The first-order chi connectivity index (χ1) is 9.81. The van der Waals surface area contributed by atoms with Crippen LogP contribution in [0.3, 0.4) is 0 Å². The van der Waals surface area contributed by atoms with Gasteiger partial charge in [-0.1, -0.05) is 12.1 Å². The number of nitrogens with one attached hydrogen (secondary N) is 1. The summed E-state index contributed by atoms with van der Waals surface area (Å²) in [5, 5.41) is 9.01. The van der Waals surface area contributed by atoms with E-state index in [9.17, 15) is 18.0 Å². The predicted molar refractivity (Wildman–Crippen MR) is 72.5 cm³/mol. The molecule has 2 atom stereocenters. The summed E-state index contributed by atoms with van der Waals surface area (Å²) in [4.78, 5) is 22.2. The maximum atomic E-state index is 12.3. The molecule has 0 radical (unpaired) electrons. The van der Waals surface area contributed by atoms with E-state index in [1.807, 2.05) is 0 Å². The van der Waals surface area contributed by atoms with Gasteiger partial charge in [-0.3, -0.25) is 9.59 Å². The average Bonchev–Trinajstić information content (AvgIpc) is 2.86. The van der Waals surface area contributed by atoms with Crippen molar-refractivity contribution in [1.82, 2.24) is 4.72 Å². The van der Waals surface area contributed by atoms with Crippen LogP contribution in [-0.4, -0.2) is 44.5 Å². The fourth-order valence-electron chi connectivity index (χ4n) is 2.06. The van der Waals surface area contributed by atoms with Gasteiger partial charge in [0.05, 0.1) is 30.1 Å². The molecular weight excluding hydrogens is 298 g/mol. The van der Waals surface area contributed by atoms with Gasteiger partial charge < -0.3 is 9.84 Å². The monoisotopic (exact) mass is 313 g/mol. The van der Waals surface area contributed by atoms with Crippen molar-refractivity contribution in [2.24, 2.45) is 5.92 Å². The van der Waals surface area contributed by atoms with E-state index in [2.05, 4.69) is 4.72 Å². The third kappa shape index (κ3) is 3.46. The van der Waals surface area contributed by atoms with E-state index in [0.717, 1.165) is 0 Å². The Labute approximate surface area is 122 Å². The molecule has 7 nitrogen and oxygen atoms in total. The van der Waals surface area contributed by atoms with Gasteiger partial charge in [-0.05, 0) is 19.1 Å². The van der Waals surface area contributed by atoms with Crippen LogP contribution in [0, 0.1) is 5.92 Å². The van der Waals surface area contributed by atoms with Crippen molar-refractivity contribution in [2.45, 2.75) is 17.9 Å². The quantitative estimate of drug-likeness (QED) is 0.755. The van der Waals surface area contributed by atoms with Crippen molar-refractivity contribution < 1.29 is 27.9 Å². The summed E-state index contributed by atoms with van der Waals surface area (Å²) in [5.41, 5.74) is 0.273. The Bertz CT molecular complexity index is 669. The minimum atomic E-state index is -3.91. The number of benzene rings is 1. The van der Waals surface area contributed by atoms with Crippen LogP contribution in [0.4, 0.5) is 0 Å². The molecule has 0 bridgehead atoms. The molecule has 0 spiro atoms. The third-order valence-corrected chi connectivity index (χ3v) is 4.74. The second kappa shape index (κ2) is 5.92. The number of carbonyl (C=O) groups excluding carboxylic acids is 1. The Morgan fingerprint density at radius 2 is 2.05 bits per heavy atom. The van der Waals surface area contributed by atoms with Crippen LogP contribution in [0.2, 0.25) is 0 Å². The van der Waals surface area contributed by atoms with Gasteiger partial charge in [-0.25, -0.2) is 13.1 Å². The number of hydrogen-bond acceptors (Lipinski definition) is 5. The zero-order valence-corrected chi connectivity index (χ0v) is 12.1. The molecule has 1 aromatic carbocycles. The van der Waals surface area contributed by atoms with Gasteiger partial charge >= 0.3 is 5.97 Å². The Kier molecular flexibility index (Phi) is 4.40. The first-order valence-corrected chi connectivity index (χ1v) is 7.73. The minimum Gasteiger partial charge on any atom is -0.481 e. The molecule has 0 aliphatic carbocycles.